The van der Waals surface area contributed by atoms with E-state index in [1.165, 1.54) is 43.0 Å². The van der Waals surface area contributed by atoms with Gasteiger partial charge in [-0.3, -0.25) is 0 Å². The molecule has 0 bridgehead atoms. The first kappa shape index (κ1) is 7.84. The van der Waals surface area contributed by atoms with Gasteiger partial charge in [0.1, 0.15) is 5.82 Å². The summed E-state index contributed by atoms with van der Waals surface area (Å²) in [7, 11) is 0. The third-order valence-electron chi connectivity index (χ3n) is 2.72. The van der Waals surface area contributed by atoms with Gasteiger partial charge in [-0.15, -0.1) is 0 Å². The van der Waals surface area contributed by atoms with Gasteiger partial charge in [-0.25, -0.2) is 4.98 Å². The Balaban J connectivity index is 2.46. The van der Waals surface area contributed by atoms with Crippen LogP contribution in [0.4, 0.5) is 0 Å². The molecule has 2 nitrogen and oxygen atoms in total. The van der Waals surface area contributed by atoms with Crippen LogP contribution in [0.2, 0.25) is 0 Å². The summed E-state index contributed by atoms with van der Waals surface area (Å²) in [6.07, 6.45) is 4.95. The van der Waals surface area contributed by atoms with Gasteiger partial charge in [0, 0.05) is 18.7 Å². The first-order chi connectivity index (χ1) is 5.83. The van der Waals surface area contributed by atoms with Gasteiger partial charge < -0.3 is 4.57 Å². The zero-order chi connectivity index (χ0) is 8.55. The molecule has 0 fully saturated rings. The molecule has 66 valence electrons. The van der Waals surface area contributed by atoms with Gasteiger partial charge in [0.25, 0.3) is 0 Å². The molecule has 0 saturated heterocycles. The monoisotopic (exact) mass is 164 g/mol. The topological polar surface area (TPSA) is 17.8 Å². The number of aryl methyl sites for hydroxylation is 2. The van der Waals surface area contributed by atoms with E-state index in [1.807, 2.05) is 0 Å². The predicted molar refractivity (Wildman–Crippen MR) is 49.3 cm³/mol. The van der Waals surface area contributed by atoms with Crippen molar-refractivity contribution in [2.45, 2.75) is 46.1 Å². The third kappa shape index (κ3) is 1.06. The Morgan fingerprint density at radius 2 is 2.25 bits per heavy atom. The summed E-state index contributed by atoms with van der Waals surface area (Å²) in [6, 6.07) is 0. The summed E-state index contributed by atoms with van der Waals surface area (Å²) in [5, 5.41) is 0. The number of fused-ring (bicyclic) bond motifs is 1. The standard InChI is InChI=1S/C10H16N2/c1-3-9-8(2)11-10-6-4-5-7-12(9)10/h3-7H2,1-2H3. The van der Waals surface area contributed by atoms with E-state index in [9.17, 15) is 0 Å². The summed E-state index contributed by atoms with van der Waals surface area (Å²) in [6.45, 7) is 5.54. The fourth-order valence-electron chi connectivity index (χ4n) is 2.12. The lowest BCUT2D eigenvalue weighted by atomic mass is 10.1. The average Bonchev–Trinajstić information content (AvgIpc) is 2.40. The second kappa shape index (κ2) is 2.92. The predicted octanol–water partition coefficient (Wildman–Crippen LogP) is 2.09. The number of nitrogens with zero attached hydrogens (tertiary/aromatic N) is 2. The molecule has 1 aliphatic rings. The molecule has 0 radical (unpaired) electrons. The molecule has 0 N–H and O–H groups in total. The minimum Gasteiger partial charge on any atom is -0.332 e. The highest BCUT2D eigenvalue weighted by atomic mass is 15.1. The number of hydrogen-bond acceptors (Lipinski definition) is 1. The molecule has 0 amide bonds. The normalized spacial score (nSPS) is 16.2. The van der Waals surface area contributed by atoms with Crippen LogP contribution < -0.4 is 0 Å². The van der Waals surface area contributed by atoms with Crippen molar-refractivity contribution in [1.29, 1.82) is 0 Å². The molecular formula is C10H16N2. The molecule has 1 aromatic rings. The second-order valence-electron chi connectivity index (χ2n) is 3.52. The summed E-state index contributed by atoms with van der Waals surface area (Å²) in [5.74, 6) is 1.32. The van der Waals surface area contributed by atoms with E-state index in [0.717, 1.165) is 6.42 Å². The molecule has 0 spiro atoms. The smallest absolute Gasteiger partial charge is 0.109 e. The lowest BCUT2D eigenvalue weighted by Gasteiger charge is -2.15. The number of aromatic nitrogens is 2. The summed E-state index contributed by atoms with van der Waals surface area (Å²) in [5.41, 5.74) is 2.69. The molecule has 0 unspecified atom stereocenters. The Labute approximate surface area is 73.6 Å². The van der Waals surface area contributed by atoms with E-state index in [4.69, 9.17) is 0 Å². The minimum absolute atomic E-state index is 1.12. The number of imidazole rings is 1. The Bertz CT molecular complexity index is 286. The molecule has 2 heterocycles. The van der Waals surface area contributed by atoms with Gasteiger partial charge in [0.15, 0.2) is 0 Å². The van der Waals surface area contributed by atoms with Crippen molar-refractivity contribution in [3.05, 3.63) is 17.2 Å². The average molecular weight is 164 g/mol. The van der Waals surface area contributed by atoms with Crippen molar-refractivity contribution < 1.29 is 0 Å². The SMILES string of the molecule is CCc1c(C)nc2n1CCCC2. The van der Waals surface area contributed by atoms with Gasteiger partial charge in [-0.2, -0.15) is 0 Å². The lowest BCUT2D eigenvalue weighted by molar-refractivity contribution is 0.509. The van der Waals surface area contributed by atoms with Crippen LogP contribution in [-0.4, -0.2) is 9.55 Å². The van der Waals surface area contributed by atoms with E-state index in [0.29, 0.717) is 0 Å². The van der Waals surface area contributed by atoms with E-state index >= 15 is 0 Å². The van der Waals surface area contributed by atoms with E-state index in [1.54, 1.807) is 0 Å². The Morgan fingerprint density at radius 1 is 1.42 bits per heavy atom. The first-order valence-electron chi connectivity index (χ1n) is 4.87. The van der Waals surface area contributed by atoms with Crippen LogP contribution in [0.3, 0.4) is 0 Å². The lowest BCUT2D eigenvalue weighted by Crippen LogP contribution is -2.12. The molecule has 0 atom stereocenters. The van der Waals surface area contributed by atoms with Crippen LogP contribution in [0.25, 0.3) is 0 Å². The maximum Gasteiger partial charge on any atom is 0.109 e. The maximum absolute atomic E-state index is 4.58. The molecule has 0 aromatic carbocycles. The van der Waals surface area contributed by atoms with Gasteiger partial charge in [-0.05, 0) is 26.2 Å². The number of rotatable bonds is 1. The summed E-state index contributed by atoms with van der Waals surface area (Å²) in [4.78, 5) is 4.58. The van der Waals surface area contributed by atoms with E-state index in [-0.39, 0.29) is 0 Å². The molecular weight excluding hydrogens is 148 g/mol. The number of hydrogen-bond donors (Lipinski definition) is 0. The third-order valence-corrected chi connectivity index (χ3v) is 2.72. The van der Waals surface area contributed by atoms with Crippen LogP contribution in [0.15, 0.2) is 0 Å². The van der Waals surface area contributed by atoms with Crippen molar-refractivity contribution in [3.63, 3.8) is 0 Å². The highest BCUT2D eigenvalue weighted by Gasteiger charge is 2.15. The van der Waals surface area contributed by atoms with Crippen molar-refractivity contribution in [3.8, 4) is 0 Å². The minimum atomic E-state index is 1.12. The van der Waals surface area contributed by atoms with Crippen molar-refractivity contribution >= 4 is 0 Å². The van der Waals surface area contributed by atoms with Crippen LogP contribution in [0.1, 0.15) is 37.0 Å². The fraction of sp³-hybridized carbons (Fsp3) is 0.700. The van der Waals surface area contributed by atoms with Crippen molar-refractivity contribution in [2.24, 2.45) is 0 Å². The first-order valence-corrected chi connectivity index (χ1v) is 4.87. The molecule has 2 heteroatoms. The molecule has 1 aliphatic heterocycles. The summed E-state index contributed by atoms with van der Waals surface area (Å²) < 4.78 is 2.42. The van der Waals surface area contributed by atoms with E-state index in [2.05, 4.69) is 23.4 Å². The van der Waals surface area contributed by atoms with Crippen molar-refractivity contribution in [2.75, 3.05) is 0 Å². The highest BCUT2D eigenvalue weighted by Crippen LogP contribution is 2.19. The van der Waals surface area contributed by atoms with E-state index < -0.39 is 0 Å². The van der Waals surface area contributed by atoms with Crippen molar-refractivity contribution in [1.82, 2.24) is 9.55 Å². The largest absolute Gasteiger partial charge is 0.332 e. The zero-order valence-corrected chi connectivity index (χ0v) is 7.93. The Morgan fingerprint density at radius 3 is 3.00 bits per heavy atom. The zero-order valence-electron chi connectivity index (χ0n) is 7.93. The second-order valence-corrected chi connectivity index (χ2v) is 3.52. The summed E-state index contributed by atoms with van der Waals surface area (Å²) >= 11 is 0. The molecule has 1 aromatic heterocycles. The van der Waals surface area contributed by atoms with Gasteiger partial charge in [0.2, 0.25) is 0 Å². The fourth-order valence-corrected chi connectivity index (χ4v) is 2.12. The molecule has 0 saturated carbocycles. The maximum atomic E-state index is 4.58. The molecule has 0 aliphatic carbocycles. The van der Waals surface area contributed by atoms with Crippen LogP contribution in [-0.2, 0) is 19.4 Å². The quantitative estimate of drug-likeness (QED) is 0.621. The Hall–Kier alpha value is -0.790. The van der Waals surface area contributed by atoms with Crippen LogP contribution in [0.5, 0.6) is 0 Å². The highest BCUT2D eigenvalue weighted by molar-refractivity contribution is 5.17. The molecule has 12 heavy (non-hydrogen) atoms. The van der Waals surface area contributed by atoms with Gasteiger partial charge in [-0.1, -0.05) is 6.92 Å². The molecule has 2 rings (SSSR count). The van der Waals surface area contributed by atoms with Crippen LogP contribution in [0, 0.1) is 6.92 Å². The Kier molecular flexibility index (Phi) is 1.91. The van der Waals surface area contributed by atoms with Crippen LogP contribution >= 0.6 is 0 Å². The van der Waals surface area contributed by atoms with Gasteiger partial charge >= 0.3 is 0 Å². The van der Waals surface area contributed by atoms with Gasteiger partial charge in [0.05, 0.1) is 5.69 Å².